The van der Waals surface area contributed by atoms with Crippen LogP contribution in [0.1, 0.15) is 9.67 Å². The Morgan fingerprint density at radius 3 is 2.72 bits per heavy atom. The molecule has 0 fully saturated rings. The second kappa shape index (κ2) is 5.46. The molecule has 0 saturated carbocycles. The predicted molar refractivity (Wildman–Crippen MR) is 65.5 cm³/mol. The summed E-state index contributed by atoms with van der Waals surface area (Å²) >= 11 is 6.79. The van der Waals surface area contributed by atoms with Gasteiger partial charge < -0.3 is 4.74 Å². The van der Waals surface area contributed by atoms with Crippen molar-refractivity contribution in [1.82, 2.24) is 0 Å². The smallest absolute Gasteiger partial charge is 0.210 e. The standard InChI is InChI=1S/C12H7ClF2O2S/c13-12-4-3-11(18-12)9(16)6-17-10-5-7(14)1-2-8(10)15/h1-5H,6H2. The first-order chi connectivity index (χ1) is 8.56. The molecule has 0 radical (unpaired) electrons. The lowest BCUT2D eigenvalue weighted by Crippen LogP contribution is -2.11. The van der Waals surface area contributed by atoms with Gasteiger partial charge in [0.25, 0.3) is 0 Å². The quantitative estimate of drug-likeness (QED) is 0.797. The fourth-order valence-corrected chi connectivity index (χ4v) is 2.23. The minimum Gasteiger partial charge on any atom is -0.482 e. The molecule has 0 unspecified atom stereocenters. The number of rotatable bonds is 4. The van der Waals surface area contributed by atoms with Crippen molar-refractivity contribution >= 4 is 28.7 Å². The molecule has 0 aliphatic heterocycles. The van der Waals surface area contributed by atoms with E-state index in [-0.39, 0.29) is 18.1 Å². The molecule has 2 aromatic rings. The highest BCUT2D eigenvalue weighted by atomic mass is 35.5. The summed E-state index contributed by atoms with van der Waals surface area (Å²) in [6, 6.07) is 5.95. The topological polar surface area (TPSA) is 26.3 Å². The average molecular weight is 289 g/mol. The monoisotopic (exact) mass is 288 g/mol. The maximum atomic E-state index is 13.2. The van der Waals surface area contributed by atoms with Crippen molar-refractivity contribution in [3.63, 3.8) is 0 Å². The number of benzene rings is 1. The van der Waals surface area contributed by atoms with E-state index < -0.39 is 11.6 Å². The Labute approximate surface area is 111 Å². The van der Waals surface area contributed by atoms with Gasteiger partial charge in [-0.1, -0.05) is 11.6 Å². The average Bonchev–Trinajstić information content (AvgIpc) is 2.77. The molecule has 18 heavy (non-hydrogen) atoms. The number of carbonyl (C=O) groups excluding carboxylic acids is 1. The van der Waals surface area contributed by atoms with Crippen LogP contribution in [-0.2, 0) is 0 Å². The molecule has 6 heteroatoms. The number of hydrogen-bond acceptors (Lipinski definition) is 3. The summed E-state index contributed by atoms with van der Waals surface area (Å²) in [5.74, 6) is -1.96. The second-order valence-corrected chi connectivity index (χ2v) is 5.11. The largest absolute Gasteiger partial charge is 0.482 e. The van der Waals surface area contributed by atoms with Gasteiger partial charge in [0.05, 0.1) is 9.21 Å². The fourth-order valence-electron chi connectivity index (χ4n) is 1.27. The molecule has 2 rings (SSSR count). The van der Waals surface area contributed by atoms with Crippen molar-refractivity contribution in [2.24, 2.45) is 0 Å². The lowest BCUT2D eigenvalue weighted by Gasteiger charge is -2.05. The SMILES string of the molecule is O=C(COc1cc(F)ccc1F)c1ccc(Cl)s1. The third-order valence-electron chi connectivity index (χ3n) is 2.10. The normalized spacial score (nSPS) is 10.4. The van der Waals surface area contributed by atoms with Crippen LogP contribution in [0.4, 0.5) is 8.78 Å². The fraction of sp³-hybridized carbons (Fsp3) is 0.0833. The number of thiophene rings is 1. The second-order valence-electron chi connectivity index (χ2n) is 3.39. The molecule has 1 aromatic carbocycles. The third-order valence-corrected chi connectivity index (χ3v) is 3.37. The Balaban J connectivity index is 2.03. The zero-order valence-electron chi connectivity index (χ0n) is 8.95. The number of ketones is 1. The van der Waals surface area contributed by atoms with Crippen LogP contribution < -0.4 is 4.74 Å². The number of halogens is 3. The number of ether oxygens (including phenoxy) is 1. The van der Waals surface area contributed by atoms with E-state index in [1.807, 2.05) is 0 Å². The summed E-state index contributed by atoms with van der Waals surface area (Å²) in [6.45, 7) is -0.364. The maximum Gasteiger partial charge on any atom is 0.210 e. The van der Waals surface area contributed by atoms with Crippen molar-refractivity contribution in [3.8, 4) is 5.75 Å². The predicted octanol–water partition coefficient (Wildman–Crippen LogP) is 3.94. The third kappa shape index (κ3) is 3.05. The first-order valence-corrected chi connectivity index (χ1v) is 6.12. The van der Waals surface area contributed by atoms with E-state index >= 15 is 0 Å². The molecule has 0 spiro atoms. The Hall–Kier alpha value is -1.46. The maximum absolute atomic E-state index is 13.2. The molecular weight excluding hydrogens is 282 g/mol. The summed E-state index contributed by atoms with van der Waals surface area (Å²) < 4.78 is 31.5. The van der Waals surface area contributed by atoms with Crippen molar-refractivity contribution in [2.45, 2.75) is 0 Å². The van der Waals surface area contributed by atoms with E-state index in [2.05, 4.69) is 0 Å². The van der Waals surface area contributed by atoms with Crippen LogP contribution in [0.3, 0.4) is 0 Å². The van der Waals surface area contributed by atoms with Gasteiger partial charge in [-0.05, 0) is 24.3 Å². The Morgan fingerprint density at radius 2 is 2.06 bits per heavy atom. The number of Topliss-reactive ketones (excluding diaryl/α,β-unsaturated/α-hetero) is 1. The lowest BCUT2D eigenvalue weighted by molar-refractivity contribution is 0.0922. The summed E-state index contributed by atoms with van der Waals surface area (Å²) in [7, 11) is 0. The van der Waals surface area contributed by atoms with Gasteiger partial charge in [0.2, 0.25) is 5.78 Å². The van der Waals surface area contributed by atoms with E-state index in [9.17, 15) is 13.6 Å². The lowest BCUT2D eigenvalue weighted by atomic mass is 10.3. The first-order valence-electron chi connectivity index (χ1n) is 4.92. The van der Waals surface area contributed by atoms with Gasteiger partial charge in [0.1, 0.15) is 5.82 Å². The van der Waals surface area contributed by atoms with Crippen molar-refractivity contribution in [3.05, 3.63) is 51.2 Å². The molecule has 1 aromatic heterocycles. The summed E-state index contributed by atoms with van der Waals surface area (Å²) in [5.41, 5.74) is 0. The van der Waals surface area contributed by atoms with Crippen molar-refractivity contribution < 1.29 is 18.3 Å². The van der Waals surface area contributed by atoms with Crippen LogP contribution in [0.25, 0.3) is 0 Å². The van der Waals surface area contributed by atoms with Crippen molar-refractivity contribution in [2.75, 3.05) is 6.61 Å². The highest BCUT2D eigenvalue weighted by Crippen LogP contribution is 2.23. The van der Waals surface area contributed by atoms with Crippen LogP contribution in [0, 0.1) is 11.6 Å². The molecule has 0 bridgehead atoms. The van der Waals surface area contributed by atoms with E-state index in [4.69, 9.17) is 16.3 Å². The minimum atomic E-state index is -0.714. The molecule has 0 aliphatic rings. The molecule has 0 amide bonds. The zero-order valence-corrected chi connectivity index (χ0v) is 10.5. The first kappa shape index (κ1) is 13.0. The van der Waals surface area contributed by atoms with E-state index in [1.54, 1.807) is 12.1 Å². The molecule has 94 valence electrons. The van der Waals surface area contributed by atoms with Gasteiger partial charge in [0, 0.05) is 6.07 Å². The minimum absolute atomic E-state index is 0.286. The Kier molecular flexibility index (Phi) is 3.93. The zero-order chi connectivity index (χ0) is 13.1. The molecule has 0 N–H and O–H groups in total. The number of hydrogen-bond donors (Lipinski definition) is 0. The molecule has 0 aliphatic carbocycles. The van der Waals surface area contributed by atoms with Crippen LogP contribution in [0.2, 0.25) is 4.34 Å². The van der Waals surface area contributed by atoms with Gasteiger partial charge in [-0.25, -0.2) is 8.78 Å². The van der Waals surface area contributed by atoms with Crippen LogP contribution in [-0.4, -0.2) is 12.4 Å². The Bertz CT molecular complexity index is 583. The summed E-state index contributed by atoms with van der Waals surface area (Å²) in [5, 5.41) is 0. The molecule has 1 heterocycles. The molecule has 2 nitrogen and oxygen atoms in total. The summed E-state index contributed by atoms with van der Waals surface area (Å²) in [4.78, 5) is 12.1. The van der Waals surface area contributed by atoms with Gasteiger partial charge >= 0.3 is 0 Å². The van der Waals surface area contributed by atoms with Crippen molar-refractivity contribution in [1.29, 1.82) is 0 Å². The van der Waals surface area contributed by atoms with Crippen LogP contribution in [0.15, 0.2) is 30.3 Å². The van der Waals surface area contributed by atoms with Gasteiger partial charge in [-0.15, -0.1) is 11.3 Å². The molecule has 0 saturated heterocycles. The molecular formula is C12H7ClF2O2S. The van der Waals surface area contributed by atoms with Crippen LogP contribution in [0.5, 0.6) is 5.75 Å². The van der Waals surface area contributed by atoms with E-state index in [0.717, 1.165) is 29.5 Å². The van der Waals surface area contributed by atoms with Gasteiger partial charge in [-0.2, -0.15) is 0 Å². The number of carbonyl (C=O) groups is 1. The van der Waals surface area contributed by atoms with E-state index in [1.165, 1.54) is 0 Å². The highest BCUT2D eigenvalue weighted by Gasteiger charge is 2.12. The van der Waals surface area contributed by atoms with Gasteiger partial charge in [0.15, 0.2) is 18.2 Å². The Morgan fingerprint density at radius 1 is 1.28 bits per heavy atom. The molecule has 0 atom stereocenters. The van der Waals surface area contributed by atoms with E-state index in [0.29, 0.717) is 9.21 Å². The van der Waals surface area contributed by atoms with Gasteiger partial charge in [-0.3, -0.25) is 4.79 Å². The highest BCUT2D eigenvalue weighted by molar-refractivity contribution is 7.18. The van der Waals surface area contributed by atoms with Crippen LogP contribution >= 0.6 is 22.9 Å². The summed E-state index contributed by atoms with van der Waals surface area (Å²) in [6.07, 6.45) is 0.